The van der Waals surface area contributed by atoms with E-state index < -0.39 is 0 Å². The Bertz CT molecular complexity index is 425. The second-order valence-corrected chi connectivity index (χ2v) is 5.56. The zero-order valence-corrected chi connectivity index (χ0v) is 12.1. The fourth-order valence-electron chi connectivity index (χ4n) is 2.67. The molecule has 0 saturated carbocycles. The highest BCUT2D eigenvalue weighted by atomic mass is 16.6. The van der Waals surface area contributed by atoms with Gasteiger partial charge in [0.1, 0.15) is 6.10 Å². The molecule has 0 spiro atoms. The van der Waals surface area contributed by atoms with Crippen LogP contribution in [0.25, 0.3) is 0 Å². The van der Waals surface area contributed by atoms with E-state index in [9.17, 15) is 4.79 Å². The molecule has 4 nitrogen and oxygen atoms in total. The van der Waals surface area contributed by atoms with Crippen molar-refractivity contribution in [2.75, 3.05) is 0 Å². The first-order valence-corrected chi connectivity index (χ1v) is 7.20. The molecule has 4 heteroatoms. The molecule has 2 rings (SSSR count). The van der Waals surface area contributed by atoms with Gasteiger partial charge in [-0.2, -0.15) is 0 Å². The van der Waals surface area contributed by atoms with Crippen LogP contribution in [0.1, 0.15) is 44.7 Å². The summed E-state index contributed by atoms with van der Waals surface area (Å²) in [5, 5.41) is 0. The number of esters is 1. The minimum Gasteiger partial charge on any atom is -0.462 e. The SMILES string of the molecule is CC1CC(OC(=O)CC(N)c2ccccc2)CC(C)O1. The van der Waals surface area contributed by atoms with Gasteiger partial charge < -0.3 is 15.2 Å². The molecule has 2 N–H and O–H groups in total. The van der Waals surface area contributed by atoms with Gasteiger partial charge in [-0.05, 0) is 19.4 Å². The van der Waals surface area contributed by atoms with Crippen LogP contribution in [-0.2, 0) is 14.3 Å². The highest BCUT2D eigenvalue weighted by Crippen LogP contribution is 2.23. The van der Waals surface area contributed by atoms with E-state index in [4.69, 9.17) is 15.2 Å². The lowest BCUT2D eigenvalue weighted by atomic mass is 10.0. The second kappa shape index (κ2) is 6.86. The van der Waals surface area contributed by atoms with E-state index in [1.807, 2.05) is 44.2 Å². The molecule has 20 heavy (non-hydrogen) atoms. The summed E-state index contributed by atoms with van der Waals surface area (Å²) >= 11 is 0. The Hall–Kier alpha value is -1.39. The van der Waals surface area contributed by atoms with Crippen LogP contribution in [0.3, 0.4) is 0 Å². The fraction of sp³-hybridized carbons (Fsp3) is 0.562. The van der Waals surface area contributed by atoms with Crippen molar-refractivity contribution in [1.82, 2.24) is 0 Å². The number of benzene rings is 1. The monoisotopic (exact) mass is 277 g/mol. The summed E-state index contributed by atoms with van der Waals surface area (Å²) in [5.41, 5.74) is 6.99. The average molecular weight is 277 g/mol. The minimum atomic E-state index is -0.307. The zero-order valence-electron chi connectivity index (χ0n) is 12.1. The van der Waals surface area contributed by atoms with Crippen molar-refractivity contribution in [3.63, 3.8) is 0 Å². The van der Waals surface area contributed by atoms with E-state index in [0.29, 0.717) is 0 Å². The number of nitrogens with two attached hydrogens (primary N) is 1. The van der Waals surface area contributed by atoms with Crippen LogP contribution in [0.4, 0.5) is 0 Å². The number of carbonyl (C=O) groups excluding carboxylic acids is 1. The van der Waals surface area contributed by atoms with Crippen LogP contribution in [-0.4, -0.2) is 24.3 Å². The third-order valence-electron chi connectivity index (χ3n) is 3.57. The Morgan fingerprint density at radius 1 is 1.30 bits per heavy atom. The van der Waals surface area contributed by atoms with Gasteiger partial charge in [-0.3, -0.25) is 4.79 Å². The number of carbonyl (C=O) groups is 1. The molecule has 1 aromatic rings. The normalized spacial score (nSPS) is 27.9. The summed E-state index contributed by atoms with van der Waals surface area (Å²) in [6, 6.07) is 9.32. The molecular weight excluding hydrogens is 254 g/mol. The first kappa shape index (κ1) is 15.0. The van der Waals surface area contributed by atoms with Gasteiger partial charge in [0.2, 0.25) is 0 Å². The molecule has 0 bridgehead atoms. The molecule has 0 radical (unpaired) electrons. The van der Waals surface area contributed by atoms with Crippen molar-refractivity contribution in [2.24, 2.45) is 5.73 Å². The van der Waals surface area contributed by atoms with E-state index in [2.05, 4.69) is 0 Å². The van der Waals surface area contributed by atoms with Gasteiger partial charge in [-0.15, -0.1) is 0 Å². The molecule has 1 fully saturated rings. The number of rotatable bonds is 4. The number of hydrogen-bond donors (Lipinski definition) is 1. The topological polar surface area (TPSA) is 61.5 Å². The van der Waals surface area contributed by atoms with Gasteiger partial charge in [-0.25, -0.2) is 0 Å². The molecule has 1 saturated heterocycles. The van der Waals surface area contributed by atoms with Crippen LogP contribution < -0.4 is 5.73 Å². The van der Waals surface area contributed by atoms with E-state index >= 15 is 0 Å². The number of ether oxygens (including phenoxy) is 2. The van der Waals surface area contributed by atoms with Gasteiger partial charge in [-0.1, -0.05) is 30.3 Å². The van der Waals surface area contributed by atoms with Crippen LogP contribution >= 0.6 is 0 Å². The minimum absolute atomic E-state index is 0.0516. The summed E-state index contributed by atoms with van der Waals surface area (Å²) in [5.74, 6) is -0.229. The lowest BCUT2D eigenvalue weighted by Gasteiger charge is -2.31. The smallest absolute Gasteiger partial charge is 0.307 e. The third kappa shape index (κ3) is 4.32. The van der Waals surface area contributed by atoms with Crippen molar-refractivity contribution >= 4 is 5.97 Å². The standard InChI is InChI=1S/C16H23NO3/c1-11-8-14(9-12(2)19-11)20-16(18)10-15(17)13-6-4-3-5-7-13/h3-7,11-12,14-15H,8-10,17H2,1-2H3. The van der Waals surface area contributed by atoms with Crippen molar-refractivity contribution in [3.8, 4) is 0 Å². The van der Waals surface area contributed by atoms with Crippen LogP contribution in [0.2, 0.25) is 0 Å². The largest absolute Gasteiger partial charge is 0.462 e. The van der Waals surface area contributed by atoms with Gasteiger partial charge in [0, 0.05) is 18.9 Å². The maximum Gasteiger partial charge on any atom is 0.307 e. The molecule has 0 amide bonds. The molecule has 1 aromatic carbocycles. The molecule has 3 atom stereocenters. The van der Waals surface area contributed by atoms with Gasteiger partial charge >= 0.3 is 5.97 Å². The molecule has 3 unspecified atom stereocenters. The predicted molar refractivity (Wildman–Crippen MR) is 77.1 cm³/mol. The highest BCUT2D eigenvalue weighted by molar-refractivity contribution is 5.70. The van der Waals surface area contributed by atoms with Gasteiger partial charge in [0.25, 0.3) is 0 Å². The summed E-state index contributed by atoms with van der Waals surface area (Å²) in [7, 11) is 0. The summed E-state index contributed by atoms with van der Waals surface area (Å²) in [4.78, 5) is 12.0. The summed E-state index contributed by atoms with van der Waals surface area (Å²) in [6.07, 6.45) is 1.96. The molecule has 1 aliphatic rings. The van der Waals surface area contributed by atoms with E-state index in [1.165, 1.54) is 0 Å². The van der Waals surface area contributed by atoms with E-state index in [1.54, 1.807) is 0 Å². The van der Waals surface area contributed by atoms with E-state index in [-0.39, 0.29) is 36.7 Å². The quantitative estimate of drug-likeness (QED) is 0.859. The predicted octanol–water partition coefficient (Wildman–Crippen LogP) is 2.58. The van der Waals surface area contributed by atoms with Crippen molar-refractivity contribution in [2.45, 2.75) is 57.5 Å². The lowest BCUT2D eigenvalue weighted by molar-refractivity contribution is -0.160. The maximum absolute atomic E-state index is 12.0. The highest BCUT2D eigenvalue weighted by Gasteiger charge is 2.27. The summed E-state index contributed by atoms with van der Waals surface area (Å²) in [6.45, 7) is 4.01. The Labute approximate surface area is 120 Å². The van der Waals surface area contributed by atoms with Crippen LogP contribution in [0, 0.1) is 0 Å². The zero-order chi connectivity index (χ0) is 14.5. The maximum atomic E-state index is 12.0. The molecule has 110 valence electrons. The number of hydrogen-bond acceptors (Lipinski definition) is 4. The first-order valence-electron chi connectivity index (χ1n) is 7.20. The Kier molecular flexibility index (Phi) is 5.15. The van der Waals surface area contributed by atoms with Crippen LogP contribution in [0.15, 0.2) is 30.3 Å². The fourth-order valence-corrected chi connectivity index (χ4v) is 2.67. The van der Waals surface area contributed by atoms with E-state index in [0.717, 1.165) is 18.4 Å². The molecule has 1 aliphatic heterocycles. The summed E-state index contributed by atoms with van der Waals surface area (Å²) < 4.78 is 11.2. The van der Waals surface area contributed by atoms with Crippen molar-refractivity contribution in [1.29, 1.82) is 0 Å². The Balaban J connectivity index is 1.83. The van der Waals surface area contributed by atoms with Crippen molar-refractivity contribution < 1.29 is 14.3 Å². The third-order valence-corrected chi connectivity index (χ3v) is 3.57. The lowest BCUT2D eigenvalue weighted by Crippen LogP contribution is -2.35. The van der Waals surface area contributed by atoms with Gasteiger partial charge in [0.15, 0.2) is 0 Å². The molecule has 0 aliphatic carbocycles. The molecule has 1 heterocycles. The van der Waals surface area contributed by atoms with Crippen LogP contribution in [0.5, 0.6) is 0 Å². The van der Waals surface area contributed by atoms with Gasteiger partial charge in [0.05, 0.1) is 18.6 Å². The Morgan fingerprint density at radius 3 is 2.50 bits per heavy atom. The van der Waals surface area contributed by atoms with Crippen molar-refractivity contribution in [3.05, 3.63) is 35.9 Å². The molecular formula is C16H23NO3. The molecule has 0 aromatic heterocycles. The first-order chi connectivity index (χ1) is 9.54. The average Bonchev–Trinajstić information content (AvgIpc) is 2.38. The second-order valence-electron chi connectivity index (χ2n) is 5.56. The Morgan fingerprint density at radius 2 is 1.90 bits per heavy atom.